The zero-order valence-electron chi connectivity index (χ0n) is 12.6. The molecule has 1 aromatic carbocycles. The van der Waals surface area contributed by atoms with Crippen molar-refractivity contribution >= 4 is 11.6 Å². The van der Waals surface area contributed by atoms with Crippen LogP contribution in [0.15, 0.2) is 24.3 Å². The van der Waals surface area contributed by atoms with E-state index in [1.807, 2.05) is 24.7 Å². The highest BCUT2D eigenvalue weighted by molar-refractivity contribution is 6.31. The van der Waals surface area contributed by atoms with Crippen LogP contribution in [0.25, 0.3) is 0 Å². The molecule has 4 heteroatoms. The van der Waals surface area contributed by atoms with Crippen molar-refractivity contribution in [1.82, 2.24) is 15.1 Å². The molecule has 0 aliphatic rings. The molecule has 0 radical (unpaired) electrons. The summed E-state index contributed by atoms with van der Waals surface area (Å²) in [6.07, 6.45) is 0.867. The Morgan fingerprint density at radius 3 is 2.60 bits per heavy atom. The standard InChI is InChI=1S/C16H22ClN3/c1-5-18-15(16-9-12(3)19-20(16)4)10-13-7-6-11(2)8-14(13)17/h6-9,15,18H,5,10H2,1-4H3. The fourth-order valence-corrected chi connectivity index (χ4v) is 2.83. The Balaban J connectivity index is 2.27. The number of likely N-dealkylation sites (N-methyl/N-ethyl adjacent to an activating group) is 1. The number of halogens is 1. The first-order chi connectivity index (χ1) is 9.51. The summed E-state index contributed by atoms with van der Waals surface area (Å²) in [6.45, 7) is 7.11. The monoisotopic (exact) mass is 291 g/mol. The minimum atomic E-state index is 0.228. The maximum atomic E-state index is 6.36. The third kappa shape index (κ3) is 3.41. The zero-order chi connectivity index (χ0) is 14.7. The van der Waals surface area contributed by atoms with Gasteiger partial charge >= 0.3 is 0 Å². The molecule has 0 saturated carbocycles. The lowest BCUT2D eigenvalue weighted by atomic mass is 10.0. The number of hydrogen-bond donors (Lipinski definition) is 1. The molecular weight excluding hydrogens is 270 g/mol. The second-order valence-corrected chi connectivity index (χ2v) is 5.65. The molecule has 0 fully saturated rings. The van der Waals surface area contributed by atoms with E-state index in [2.05, 4.69) is 42.5 Å². The molecule has 1 atom stereocenters. The van der Waals surface area contributed by atoms with Crippen LogP contribution in [0.2, 0.25) is 5.02 Å². The van der Waals surface area contributed by atoms with Crippen LogP contribution in [0.3, 0.4) is 0 Å². The van der Waals surface area contributed by atoms with Crippen LogP contribution in [0.5, 0.6) is 0 Å². The summed E-state index contributed by atoms with van der Waals surface area (Å²) in [5.41, 5.74) is 4.60. The highest BCUT2D eigenvalue weighted by Crippen LogP contribution is 2.24. The number of rotatable bonds is 5. The number of nitrogens with one attached hydrogen (secondary N) is 1. The summed E-state index contributed by atoms with van der Waals surface area (Å²) in [5.74, 6) is 0. The molecule has 108 valence electrons. The molecule has 20 heavy (non-hydrogen) atoms. The first-order valence-electron chi connectivity index (χ1n) is 7.00. The van der Waals surface area contributed by atoms with Crippen molar-refractivity contribution < 1.29 is 0 Å². The van der Waals surface area contributed by atoms with Crippen molar-refractivity contribution in [2.24, 2.45) is 7.05 Å². The molecule has 1 heterocycles. The van der Waals surface area contributed by atoms with Crippen LogP contribution in [0.1, 0.15) is 35.5 Å². The number of aryl methyl sites for hydroxylation is 3. The van der Waals surface area contributed by atoms with Crippen LogP contribution in [0, 0.1) is 13.8 Å². The lowest BCUT2D eigenvalue weighted by Crippen LogP contribution is -2.25. The third-order valence-corrected chi connectivity index (χ3v) is 3.83. The molecule has 2 aromatic rings. The predicted molar refractivity (Wildman–Crippen MR) is 84.3 cm³/mol. The van der Waals surface area contributed by atoms with Gasteiger partial charge in [-0.3, -0.25) is 4.68 Å². The lowest BCUT2D eigenvalue weighted by Gasteiger charge is -2.19. The Morgan fingerprint density at radius 2 is 2.05 bits per heavy atom. The van der Waals surface area contributed by atoms with Crippen molar-refractivity contribution in [3.8, 4) is 0 Å². The Kier molecular flexibility index (Phi) is 4.84. The molecule has 0 spiro atoms. The number of benzene rings is 1. The fourth-order valence-electron chi connectivity index (χ4n) is 2.52. The lowest BCUT2D eigenvalue weighted by molar-refractivity contribution is 0.507. The molecule has 0 bridgehead atoms. The number of aromatic nitrogens is 2. The van der Waals surface area contributed by atoms with Crippen LogP contribution in [-0.4, -0.2) is 16.3 Å². The highest BCUT2D eigenvalue weighted by Gasteiger charge is 2.17. The fraction of sp³-hybridized carbons (Fsp3) is 0.438. The van der Waals surface area contributed by atoms with E-state index in [0.717, 1.165) is 23.7 Å². The van der Waals surface area contributed by atoms with Gasteiger partial charge in [0, 0.05) is 12.1 Å². The predicted octanol–water partition coefficient (Wildman–Crippen LogP) is 3.58. The van der Waals surface area contributed by atoms with Gasteiger partial charge in [0.15, 0.2) is 0 Å². The summed E-state index contributed by atoms with van der Waals surface area (Å²) < 4.78 is 1.95. The zero-order valence-corrected chi connectivity index (χ0v) is 13.3. The van der Waals surface area contributed by atoms with Crippen molar-refractivity contribution in [3.63, 3.8) is 0 Å². The van der Waals surface area contributed by atoms with Crippen LogP contribution >= 0.6 is 11.6 Å². The van der Waals surface area contributed by atoms with Gasteiger partial charge in [-0.15, -0.1) is 0 Å². The van der Waals surface area contributed by atoms with Gasteiger partial charge in [0.25, 0.3) is 0 Å². The van der Waals surface area contributed by atoms with Gasteiger partial charge in [0.2, 0.25) is 0 Å². The van der Waals surface area contributed by atoms with Gasteiger partial charge in [0.05, 0.1) is 17.4 Å². The van der Waals surface area contributed by atoms with E-state index in [1.165, 1.54) is 16.8 Å². The summed E-state index contributed by atoms with van der Waals surface area (Å²) in [6, 6.07) is 8.61. The first-order valence-corrected chi connectivity index (χ1v) is 7.38. The van der Waals surface area contributed by atoms with Gasteiger partial charge in [-0.1, -0.05) is 30.7 Å². The van der Waals surface area contributed by atoms with Gasteiger partial charge < -0.3 is 5.32 Å². The topological polar surface area (TPSA) is 29.9 Å². The third-order valence-electron chi connectivity index (χ3n) is 3.48. The normalized spacial score (nSPS) is 12.7. The van der Waals surface area contributed by atoms with E-state index in [-0.39, 0.29) is 6.04 Å². The molecule has 1 N–H and O–H groups in total. The molecule has 0 aliphatic carbocycles. The van der Waals surface area contributed by atoms with Gasteiger partial charge in [-0.2, -0.15) is 5.10 Å². The summed E-state index contributed by atoms with van der Waals surface area (Å²) >= 11 is 6.36. The van der Waals surface area contributed by atoms with E-state index in [9.17, 15) is 0 Å². The van der Waals surface area contributed by atoms with Crippen LogP contribution in [0.4, 0.5) is 0 Å². The number of nitrogens with zero attached hydrogens (tertiary/aromatic N) is 2. The van der Waals surface area contributed by atoms with Crippen molar-refractivity contribution in [2.45, 2.75) is 33.2 Å². The average Bonchev–Trinajstić information content (AvgIpc) is 2.71. The summed E-state index contributed by atoms with van der Waals surface area (Å²) in [4.78, 5) is 0. The van der Waals surface area contributed by atoms with E-state index in [0.29, 0.717) is 0 Å². The van der Waals surface area contributed by atoms with Gasteiger partial charge in [0.1, 0.15) is 0 Å². The SMILES string of the molecule is CCNC(Cc1ccc(C)cc1Cl)c1cc(C)nn1C. The van der Waals surface area contributed by atoms with Crippen molar-refractivity contribution in [1.29, 1.82) is 0 Å². The number of hydrogen-bond acceptors (Lipinski definition) is 2. The quantitative estimate of drug-likeness (QED) is 0.912. The Labute approximate surface area is 126 Å². The Morgan fingerprint density at radius 1 is 1.30 bits per heavy atom. The van der Waals surface area contributed by atoms with Crippen molar-refractivity contribution in [2.75, 3.05) is 6.54 Å². The smallest absolute Gasteiger partial charge is 0.0597 e. The Bertz CT molecular complexity index is 589. The van der Waals surface area contributed by atoms with Crippen LogP contribution in [-0.2, 0) is 13.5 Å². The van der Waals surface area contributed by atoms with E-state index < -0.39 is 0 Å². The highest BCUT2D eigenvalue weighted by atomic mass is 35.5. The minimum Gasteiger partial charge on any atom is -0.309 e. The molecule has 0 saturated heterocycles. The largest absolute Gasteiger partial charge is 0.309 e. The first kappa shape index (κ1) is 15.1. The second-order valence-electron chi connectivity index (χ2n) is 5.24. The van der Waals surface area contributed by atoms with Gasteiger partial charge in [-0.25, -0.2) is 0 Å². The molecule has 0 aliphatic heterocycles. The van der Waals surface area contributed by atoms with Crippen LogP contribution < -0.4 is 5.32 Å². The maximum Gasteiger partial charge on any atom is 0.0597 e. The molecule has 3 nitrogen and oxygen atoms in total. The second kappa shape index (κ2) is 6.42. The summed E-state index contributed by atoms with van der Waals surface area (Å²) in [7, 11) is 1.99. The molecule has 1 unspecified atom stereocenters. The molecule has 0 amide bonds. The maximum absolute atomic E-state index is 6.36. The molecule has 2 rings (SSSR count). The minimum absolute atomic E-state index is 0.228. The molecule has 1 aromatic heterocycles. The molecular formula is C16H22ClN3. The van der Waals surface area contributed by atoms with Gasteiger partial charge in [-0.05, 0) is 50.1 Å². The Hall–Kier alpha value is -1.32. The van der Waals surface area contributed by atoms with E-state index in [1.54, 1.807) is 0 Å². The van der Waals surface area contributed by atoms with E-state index in [4.69, 9.17) is 11.6 Å². The average molecular weight is 292 g/mol. The van der Waals surface area contributed by atoms with Crippen molar-refractivity contribution in [3.05, 3.63) is 51.8 Å². The van der Waals surface area contributed by atoms with E-state index >= 15 is 0 Å². The summed E-state index contributed by atoms with van der Waals surface area (Å²) in [5, 5.41) is 8.80.